The molecule has 0 saturated carbocycles. The molecule has 1 nitrogen and oxygen atoms in total. The maximum Gasteiger partial charge on any atom is 0.0130 e. The maximum absolute atomic E-state index is 3.85. The molecular weight excluding hydrogens is 230 g/mol. The lowest BCUT2D eigenvalue weighted by Crippen LogP contribution is -2.43. The summed E-state index contributed by atoms with van der Waals surface area (Å²) < 4.78 is 0. The zero-order valence-corrected chi connectivity index (χ0v) is 12.8. The largest absolute Gasteiger partial charge is 0.313 e. The van der Waals surface area contributed by atoms with Gasteiger partial charge in [-0.1, -0.05) is 57.9 Å². The molecule has 1 aromatic carbocycles. The van der Waals surface area contributed by atoms with Crippen molar-refractivity contribution < 1.29 is 0 Å². The average Bonchev–Trinajstić information content (AvgIpc) is 2.87. The zero-order valence-electron chi connectivity index (χ0n) is 12.8. The highest BCUT2D eigenvalue weighted by Crippen LogP contribution is 2.32. The maximum atomic E-state index is 3.85. The van der Waals surface area contributed by atoms with Crippen LogP contribution in [0.2, 0.25) is 0 Å². The standard InChI is InChI=1S/C18H29N/c1-4-11-19-18(14(5-2)6-3)17-12-15-9-7-8-10-16(15)13-17/h7-10,14,17-19H,4-6,11-13H2,1-3H3. The second-order valence-corrected chi connectivity index (χ2v) is 5.99. The van der Waals surface area contributed by atoms with Gasteiger partial charge in [0.05, 0.1) is 0 Å². The van der Waals surface area contributed by atoms with E-state index in [0.717, 1.165) is 18.4 Å². The zero-order chi connectivity index (χ0) is 13.7. The average molecular weight is 259 g/mol. The Kier molecular flexibility index (Phi) is 5.45. The quantitative estimate of drug-likeness (QED) is 0.773. The number of nitrogens with one attached hydrogen (secondary N) is 1. The molecule has 0 spiro atoms. The highest BCUT2D eigenvalue weighted by Gasteiger charge is 2.31. The summed E-state index contributed by atoms with van der Waals surface area (Å²) in [7, 11) is 0. The lowest BCUT2D eigenvalue weighted by molar-refractivity contribution is 0.249. The molecule has 1 aliphatic rings. The van der Waals surface area contributed by atoms with Crippen LogP contribution in [0.25, 0.3) is 0 Å². The van der Waals surface area contributed by atoms with Crippen molar-refractivity contribution in [1.29, 1.82) is 0 Å². The first-order chi connectivity index (χ1) is 9.30. The molecule has 0 radical (unpaired) electrons. The number of fused-ring (bicyclic) bond motifs is 1. The number of hydrogen-bond acceptors (Lipinski definition) is 1. The Morgan fingerprint density at radius 1 is 1.05 bits per heavy atom. The molecule has 0 fully saturated rings. The van der Waals surface area contributed by atoms with Crippen LogP contribution in [0.3, 0.4) is 0 Å². The lowest BCUT2D eigenvalue weighted by Gasteiger charge is -2.31. The molecule has 19 heavy (non-hydrogen) atoms. The monoisotopic (exact) mass is 259 g/mol. The van der Waals surface area contributed by atoms with Crippen LogP contribution in [0.4, 0.5) is 0 Å². The highest BCUT2D eigenvalue weighted by molar-refractivity contribution is 5.32. The first kappa shape index (κ1) is 14.6. The second-order valence-electron chi connectivity index (χ2n) is 5.99. The predicted molar refractivity (Wildman–Crippen MR) is 83.5 cm³/mol. The number of hydrogen-bond donors (Lipinski definition) is 1. The van der Waals surface area contributed by atoms with Crippen LogP contribution in [-0.4, -0.2) is 12.6 Å². The second kappa shape index (κ2) is 7.09. The van der Waals surface area contributed by atoms with Gasteiger partial charge < -0.3 is 5.32 Å². The van der Waals surface area contributed by atoms with Gasteiger partial charge in [0.15, 0.2) is 0 Å². The summed E-state index contributed by atoms with van der Waals surface area (Å²) in [4.78, 5) is 0. The van der Waals surface area contributed by atoms with Crippen molar-refractivity contribution in [2.24, 2.45) is 11.8 Å². The van der Waals surface area contributed by atoms with Gasteiger partial charge in [-0.05, 0) is 48.8 Å². The molecule has 106 valence electrons. The molecule has 1 heteroatoms. The van der Waals surface area contributed by atoms with Crippen molar-refractivity contribution in [3.63, 3.8) is 0 Å². The van der Waals surface area contributed by atoms with Crippen molar-refractivity contribution in [2.75, 3.05) is 6.54 Å². The van der Waals surface area contributed by atoms with E-state index in [-0.39, 0.29) is 0 Å². The van der Waals surface area contributed by atoms with Crippen molar-refractivity contribution in [1.82, 2.24) is 5.32 Å². The Bertz CT molecular complexity index is 356. The molecule has 1 N–H and O–H groups in total. The van der Waals surface area contributed by atoms with E-state index in [2.05, 4.69) is 50.4 Å². The van der Waals surface area contributed by atoms with Gasteiger partial charge in [-0.2, -0.15) is 0 Å². The van der Waals surface area contributed by atoms with Gasteiger partial charge in [0, 0.05) is 6.04 Å². The molecule has 2 rings (SSSR count). The van der Waals surface area contributed by atoms with E-state index in [1.165, 1.54) is 32.1 Å². The first-order valence-electron chi connectivity index (χ1n) is 8.10. The van der Waals surface area contributed by atoms with Gasteiger partial charge in [0.25, 0.3) is 0 Å². The molecule has 1 unspecified atom stereocenters. The summed E-state index contributed by atoms with van der Waals surface area (Å²) in [5, 5.41) is 3.85. The van der Waals surface area contributed by atoms with E-state index < -0.39 is 0 Å². The Morgan fingerprint density at radius 3 is 2.11 bits per heavy atom. The van der Waals surface area contributed by atoms with E-state index in [9.17, 15) is 0 Å². The molecule has 1 aliphatic carbocycles. The Morgan fingerprint density at radius 2 is 1.63 bits per heavy atom. The number of benzene rings is 1. The summed E-state index contributed by atoms with van der Waals surface area (Å²) in [5.41, 5.74) is 3.17. The van der Waals surface area contributed by atoms with Gasteiger partial charge >= 0.3 is 0 Å². The van der Waals surface area contributed by atoms with Crippen LogP contribution in [0.5, 0.6) is 0 Å². The molecular formula is C18H29N. The normalized spacial score (nSPS) is 16.8. The van der Waals surface area contributed by atoms with E-state index >= 15 is 0 Å². The van der Waals surface area contributed by atoms with Gasteiger partial charge in [-0.25, -0.2) is 0 Å². The van der Waals surface area contributed by atoms with Gasteiger partial charge in [0.2, 0.25) is 0 Å². The third kappa shape index (κ3) is 3.39. The molecule has 1 atom stereocenters. The van der Waals surface area contributed by atoms with Crippen LogP contribution in [0.15, 0.2) is 24.3 Å². The molecule has 0 bridgehead atoms. The van der Waals surface area contributed by atoms with Crippen molar-refractivity contribution >= 4 is 0 Å². The van der Waals surface area contributed by atoms with E-state index in [1.807, 2.05) is 0 Å². The molecule has 0 aliphatic heterocycles. The molecule has 0 heterocycles. The molecule has 0 saturated heterocycles. The van der Waals surface area contributed by atoms with E-state index in [4.69, 9.17) is 0 Å². The highest BCUT2D eigenvalue weighted by atomic mass is 14.9. The Labute approximate surface area is 118 Å². The third-order valence-corrected chi connectivity index (χ3v) is 4.78. The van der Waals surface area contributed by atoms with Crippen LogP contribution >= 0.6 is 0 Å². The predicted octanol–water partition coefficient (Wildman–Crippen LogP) is 4.21. The van der Waals surface area contributed by atoms with Crippen LogP contribution in [0, 0.1) is 11.8 Å². The number of rotatable bonds is 7. The smallest absolute Gasteiger partial charge is 0.0130 e. The Balaban J connectivity index is 2.08. The summed E-state index contributed by atoms with van der Waals surface area (Å²) in [6.07, 6.45) is 6.37. The van der Waals surface area contributed by atoms with Crippen molar-refractivity contribution in [3.05, 3.63) is 35.4 Å². The Hall–Kier alpha value is -0.820. The summed E-state index contributed by atoms with van der Waals surface area (Å²) >= 11 is 0. The summed E-state index contributed by atoms with van der Waals surface area (Å²) in [5.74, 6) is 1.62. The van der Waals surface area contributed by atoms with Crippen LogP contribution < -0.4 is 5.32 Å². The topological polar surface area (TPSA) is 12.0 Å². The van der Waals surface area contributed by atoms with Gasteiger partial charge in [-0.15, -0.1) is 0 Å². The fraction of sp³-hybridized carbons (Fsp3) is 0.667. The van der Waals surface area contributed by atoms with E-state index in [1.54, 1.807) is 11.1 Å². The SMILES string of the molecule is CCCNC(C(CC)CC)C1Cc2ccccc2C1. The minimum Gasteiger partial charge on any atom is -0.313 e. The fourth-order valence-corrected chi connectivity index (χ4v) is 3.67. The van der Waals surface area contributed by atoms with Gasteiger partial charge in [-0.3, -0.25) is 0 Å². The van der Waals surface area contributed by atoms with Crippen molar-refractivity contribution in [3.8, 4) is 0 Å². The molecule has 1 aromatic rings. The van der Waals surface area contributed by atoms with Crippen LogP contribution in [-0.2, 0) is 12.8 Å². The van der Waals surface area contributed by atoms with Gasteiger partial charge in [0.1, 0.15) is 0 Å². The molecule has 0 amide bonds. The van der Waals surface area contributed by atoms with Crippen molar-refractivity contribution in [2.45, 2.75) is 58.9 Å². The minimum atomic E-state index is 0.697. The summed E-state index contributed by atoms with van der Waals surface area (Å²) in [6, 6.07) is 9.71. The van der Waals surface area contributed by atoms with Crippen LogP contribution in [0.1, 0.15) is 51.2 Å². The molecule has 0 aromatic heterocycles. The summed E-state index contributed by atoms with van der Waals surface area (Å²) in [6.45, 7) is 8.11. The van der Waals surface area contributed by atoms with E-state index in [0.29, 0.717) is 6.04 Å². The first-order valence-corrected chi connectivity index (χ1v) is 8.10. The lowest BCUT2D eigenvalue weighted by atomic mass is 9.83. The fourth-order valence-electron chi connectivity index (χ4n) is 3.67. The third-order valence-electron chi connectivity index (χ3n) is 4.78. The minimum absolute atomic E-state index is 0.697.